The molecule has 0 radical (unpaired) electrons. The van der Waals surface area contributed by atoms with Gasteiger partial charge in [0.1, 0.15) is 6.10 Å². The Morgan fingerprint density at radius 1 is 1.38 bits per heavy atom. The van der Waals surface area contributed by atoms with Crippen LogP contribution in [-0.4, -0.2) is 49.7 Å². The summed E-state index contributed by atoms with van der Waals surface area (Å²) in [5, 5.41) is 0. The highest BCUT2D eigenvalue weighted by molar-refractivity contribution is 5.83. The molecule has 1 amide bonds. The van der Waals surface area contributed by atoms with Crippen LogP contribution in [0.15, 0.2) is 0 Å². The molecule has 0 aromatic carbocycles. The molecule has 1 unspecified atom stereocenters. The molecule has 0 aliphatic carbocycles. The number of nitrogens with zero attached hydrogens (tertiary/aromatic N) is 1. The lowest BCUT2D eigenvalue weighted by molar-refractivity contribution is -0.145. The Hall–Kier alpha value is -1.10. The maximum Gasteiger partial charge on any atom is 0.310 e. The monoisotopic (exact) mass is 227 g/mol. The zero-order valence-electron chi connectivity index (χ0n) is 9.48. The van der Waals surface area contributed by atoms with Gasteiger partial charge in [-0.3, -0.25) is 9.59 Å². The Labute approximate surface area is 94.7 Å². The predicted octanol–water partition coefficient (Wildman–Crippen LogP) is 0.187. The summed E-state index contributed by atoms with van der Waals surface area (Å²) < 4.78 is 10.0. The lowest BCUT2D eigenvalue weighted by Crippen LogP contribution is -2.37. The number of carbonyl (C=O) groups excluding carboxylic acids is 2. The highest BCUT2D eigenvalue weighted by Gasteiger charge is 2.35. The second-order valence-corrected chi connectivity index (χ2v) is 4.29. The topological polar surface area (TPSA) is 55.8 Å². The Morgan fingerprint density at radius 2 is 2.19 bits per heavy atom. The molecular weight excluding hydrogens is 210 g/mol. The van der Waals surface area contributed by atoms with E-state index in [-0.39, 0.29) is 23.9 Å². The van der Waals surface area contributed by atoms with Crippen LogP contribution in [0.4, 0.5) is 0 Å². The fourth-order valence-electron chi connectivity index (χ4n) is 2.30. The Morgan fingerprint density at radius 3 is 2.81 bits per heavy atom. The van der Waals surface area contributed by atoms with Gasteiger partial charge in [0.2, 0.25) is 0 Å². The van der Waals surface area contributed by atoms with Crippen molar-refractivity contribution in [3.8, 4) is 0 Å². The minimum absolute atomic E-state index is 0.0314. The fraction of sp³-hybridized carbons (Fsp3) is 0.818. The molecule has 2 aliphatic heterocycles. The Kier molecular flexibility index (Phi) is 3.43. The normalized spacial score (nSPS) is 29.4. The smallest absolute Gasteiger partial charge is 0.310 e. The number of hydrogen-bond acceptors (Lipinski definition) is 4. The zero-order chi connectivity index (χ0) is 11.5. The number of amides is 1. The van der Waals surface area contributed by atoms with Crippen LogP contribution < -0.4 is 0 Å². The van der Waals surface area contributed by atoms with Crippen LogP contribution in [0, 0.1) is 5.92 Å². The van der Waals surface area contributed by atoms with Gasteiger partial charge >= 0.3 is 5.97 Å². The van der Waals surface area contributed by atoms with Crippen LogP contribution in [0.3, 0.4) is 0 Å². The molecule has 16 heavy (non-hydrogen) atoms. The number of rotatable bonds is 2. The first-order valence-corrected chi connectivity index (χ1v) is 5.70. The third-order valence-electron chi connectivity index (χ3n) is 3.24. The van der Waals surface area contributed by atoms with Gasteiger partial charge in [-0.1, -0.05) is 0 Å². The average molecular weight is 227 g/mol. The minimum Gasteiger partial charge on any atom is -0.469 e. The molecule has 0 aromatic heterocycles. The summed E-state index contributed by atoms with van der Waals surface area (Å²) in [5.41, 5.74) is 0. The summed E-state index contributed by atoms with van der Waals surface area (Å²) in [7, 11) is 1.38. The van der Waals surface area contributed by atoms with Gasteiger partial charge in [-0.15, -0.1) is 0 Å². The number of esters is 1. The number of ether oxygens (including phenoxy) is 2. The lowest BCUT2D eigenvalue weighted by atomic mass is 10.1. The largest absolute Gasteiger partial charge is 0.469 e. The second kappa shape index (κ2) is 4.82. The van der Waals surface area contributed by atoms with Crippen molar-refractivity contribution in [1.29, 1.82) is 0 Å². The highest BCUT2D eigenvalue weighted by atomic mass is 16.5. The first kappa shape index (κ1) is 11.4. The Balaban J connectivity index is 1.87. The lowest BCUT2D eigenvalue weighted by Gasteiger charge is -2.19. The van der Waals surface area contributed by atoms with E-state index in [4.69, 9.17) is 4.74 Å². The van der Waals surface area contributed by atoms with Gasteiger partial charge in [0.25, 0.3) is 5.91 Å². The molecule has 90 valence electrons. The number of methoxy groups -OCH3 is 1. The molecule has 2 atom stereocenters. The van der Waals surface area contributed by atoms with Crippen molar-refractivity contribution in [2.24, 2.45) is 5.92 Å². The molecule has 5 nitrogen and oxygen atoms in total. The van der Waals surface area contributed by atoms with Crippen molar-refractivity contribution in [3.63, 3.8) is 0 Å². The summed E-state index contributed by atoms with van der Waals surface area (Å²) in [6.45, 7) is 1.79. The van der Waals surface area contributed by atoms with E-state index in [1.165, 1.54) is 7.11 Å². The van der Waals surface area contributed by atoms with E-state index < -0.39 is 0 Å². The summed E-state index contributed by atoms with van der Waals surface area (Å²) in [6.07, 6.45) is 2.17. The van der Waals surface area contributed by atoms with Crippen LogP contribution in [0.5, 0.6) is 0 Å². The highest BCUT2D eigenvalue weighted by Crippen LogP contribution is 2.21. The predicted molar refractivity (Wildman–Crippen MR) is 55.7 cm³/mol. The molecule has 2 heterocycles. The van der Waals surface area contributed by atoms with E-state index in [9.17, 15) is 9.59 Å². The fourth-order valence-corrected chi connectivity index (χ4v) is 2.30. The van der Waals surface area contributed by atoms with Gasteiger partial charge in [0.05, 0.1) is 13.0 Å². The van der Waals surface area contributed by atoms with E-state index >= 15 is 0 Å². The molecular formula is C11H17NO4. The summed E-state index contributed by atoms with van der Waals surface area (Å²) in [4.78, 5) is 25.0. The number of carbonyl (C=O) groups is 2. The van der Waals surface area contributed by atoms with E-state index in [0.29, 0.717) is 26.1 Å². The van der Waals surface area contributed by atoms with Crippen LogP contribution in [0.1, 0.15) is 19.3 Å². The standard InChI is InChI=1S/C11H17NO4/c1-15-11(14)8-4-5-12(7-8)10(13)9-3-2-6-16-9/h8-9H,2-7H2,1H3/t8?,9-/m0/s1. The summed E-state index contributed by atoms with van der Waals surface area (Å²) in [5.74, 6) is -0.345. The molecule has 0 aromatic rings. The summed E-state index contributed by atoms with van der Waals surface area (Å²) in [6, 6.07) is 0. The third-order valence-corrected chi connectivity index (χ3v) is 3.24. The van der Waals surface area contributed by atoms with Gasteiger partial charge < -0.3 is 14.4 Å². The van der Waals surface area contributed by atoms with E-state index in [1.807, 2.05) is 0 Å². The van der Waals surface area contributed by atoms with Gasteiger partial charge in [-0.2, -0.15) is 0 Å². The molecule has 2 rings (SSSR count). The van der Waals surface area contributed by atoms with Crippen molar-refractivity contribution in [2.75, 3.05) is 26.8 Å². The molecule has 2 aliphatic rings. The second-order valence-electron chi connectivity index (χ2n) is 4.29. The van der Waals surface area contributed by atoms with Crippen LogP contribution in [-0.2, 0) is 19.1 Å². The molecule has 0 spiro atoms. The Bertz CT molecular complexity index is 286. The van der Waals surface area contributed by atoms with Gasteiger partial charge in [0.15, 0.2) is 0 Å². The van der Waals surface area contributed by atoms with Crippen molar-refractivity contribution in [1.82, 2.24) is 4.90 Å². The first-order valence-electron chi connectivity index (χ1n) is 5.70. The van der Waals surface area contributed by atoms with Crippen molar-refractivity contribution >= 4 is 11.9 Å². The average Bonchev–Trinajstić information content (AvgIpc) is 2.97. The van der Waals surface area contributed by atoms with E-state index in [2.05, 4.69) is 4.74 Å². The van der Waals surface area contributed by atoms with Crippen LogP contribution >= 0.6 is 0 Å². The quantitative estimate of drug-likeness (QED) is 0.632. The van der Waals surface area contributed by atoms with Crippen molar-refractivity contribution in [3.05, 3.63) is 0 Å². The van der Waals surface area contributed by atoms with E-state index in [1.54, 1.807) is 4.90 Å². The SMILES string of the molecule is COC(=O)C1CCN(C(=O)[C@@H]2CCCO2)C1. The summed E-state index contributed by atoms with van der Waals surface area (Å²) >= 11 is 0. The first-order chi connectivity index (χ1) is 7.72. The molecule has 5 heteroatoms. The molecule has 0 bridgehead atoms. The van der Waals surface area contributed by atoms with Gasteiger partial charge in [-0.05, 0) is 19.3 Å². The maximum absolute atomic E-state index is 12.0. The molecule has 2 saturated heterocycles. The third kappa shape index (κ3) is 2.19. The number of likely N-dealkylation sites (tertiary alicyclic amines) is 1. The van der Waals surface area contributed by atoms with Crippen molar-refractivity contribution in [2.45, 2.75) is 25.4 Å². The van der Waals surface area contributed by atoms with Crippen LogP contribution in [0.25, 0.3) is 0 Å². The van der Waals surface area contributed by atoms with Crippen LogP contribution in [0.2, 0.25) is 0 Å². The molecule has 0 saturated carbocycles. The zero-order valence-corrected chi connectivity index (χ0v) is 9.48. The minimum atomic E-state index is -0.281. The number of hydrogen-bond donors (Lipinski definition) is 0. The van der Waals surface area contributed by atoms with Gasteiger partial charge in [0, 0.05) is 19.7 Å². The molecule has 2 fully saturated rings. The van der Waals surface area contributed by atoms with E-state index in [0.717, 1.165) is 12.8 Å². The van der Waals surface area contributed by atoms with Crippen molar-refractivity contribution < 1.29 is 19.1 Å². The van der Waals surface area contributed by atoms with Gasteiger partial charge in [-0.25, -0.2) is 0 Å². The molecule has 0 N–H and O–H groups in total. The maximum atomic E-state index is 12.0.